The Hall–Kier alpha value is -0.570. The van der Waals surface area contributed by atoms with Crippen LogP contribution in [0.5, 0.6) is 0 Å². The molecule has 0 amide bonds. The van der Waals surface area contributed by atoms with Gasteiger partial charge in [0, 0.05) is 14.8 Å². The molecule has 0 heterocycles. The number of alkyl halides is 1. The summed E-state index contributed by atoms with van der Waals surface area (Å²) in [6.07, 6.45) is 4.19. The quantitative estimate of drug-likeness (QED) is 0.341. The number of benzene rings is 2. The lowest BCUT2D eigenvalue weighted by Gasteiger charge is -2.18. The topological polar surface area (TPSA) is 0 Å². The summed E-state index contributed by atoms with van der Waals surface area (Å²) in [6, 6.07) is 17.2. The minimum atomic E-state index is 0.473. The summed E-state index contributed by atoms with van der Waals surface area (Å²) in [6.45, 7) is 2.19. The van der Waals surface area contributed by atoms with Gasteiger partial charge in [-0.1, -0.05) is 67.8 Å². The number of allylic oxidation sites excluding steroid dienone is 2. The highest BCUT2D eigenvalue weighted by molar-refractivity contribution is 9.10. The highest BCUT2D eigenvalue weighted by Gasteiger charge is 2.13. The van der Waals surface area contributed by atoms with Crippen molar-refractivity contribution in [3.05, 3.63) is 80.3 Å². The van der Waals surface area contributed by atoms with Crippen LogP contribution in [-0.2, 0) is 12.8 Å². The molecule has 2 aromatic rings. The molecule has 3 heteroatoms. The molecule has 0 fully saturated rings. The molecule has 0 N–H and O–H groups in total. The van der Waals surface area contributed by atoms with Crippen LogP contribution in [0.1, 0.15) is 18.1 Å². The van der Waals surface area contributed by atoms with Gasteiger partial charge in [-0.2, -0.15) is 0 Å². The van der Waals surface area contributed by atoms with Crippen molar-refractivity contribution in [2.24, 2.45) is 5.92 Å². The van der Waals surface area contributed by atoms with Crippen LogP contribution in [0.3, 0.4) is 0 Å². The van der Waals surface area contributed by atoms with E-state index in [1.807, 2.05) is 0 Å². The maximum absolute atomic E-state index is 5.90. The van der Waals surface area contributed by atoms with Crippen LogP contribution >= 0.6 is 43.5 Å². The Morgan fingerprint density at radius 2 is 1.32 bits per heavy atom. The highest BCUT2D eigenvalue weighted by Crippen LogP contribution is 2.24. The summed E-state index contributed by atoms with van der Waals surface area (Å²) in [5, 5.41) is 0. The van der Waals surface area contributed by atoms with E-state index in [9.17, 15) is 0 Å². The summed E-state index contributed by atoms with van der Waals surface area (Å²) in [5.74, 6) is 1.05. The van der Waals surface area contributed by atoms with Gasteiger partial charge >= 0.3 is 0 Å². The second-order valence-corrected chi connectivity index (χ2v) is 7.60. The van der Waals surface area contributed by atoms with E-state index < -0.39 is 0 Å². The Morgan fingerprint density at radius 1 is 0.909 bits per heavy atom. The van der Waals surface area contributed by atoms with Crippen molar-refractivity contribution in [1.29, 1.82) is 0 Å². The average Bonchev–Trinajstić information content (AvgIpc) is 2.51. The van der Waals surface area contributed by atoms with Gasteiger partial charge in [0.15, 0.2) is 0 Å². The fraction of sp³-hybridized carbons (Fsp3) is 0.263. The molecule has 0 aliphatic heterocycles. The predicted octanol–water partition coefficient (Wildman–Crippen LogP) is 6.80. The number of hydrogen-bond acceptors (Lipinski definition) is 0. The molecule has 0 saturated heterocycles. The zero-order valence-corrected chi connectivity index (χ0v) is 16.5. The van der Waals surface area contributed by atoms with Crippen LogP contribution in [0.4, 0.5) is 0 Å². The molecule has 0 aliphatic carbocycles. The maximum atomic E-state index is 5.90. The van der Waals surface area contributed by atoms with Crippen LogP contribution in [0.15, 0.2) is 69.1 Å². The van der Waals surface area contributed by atoms with E-state index in [1.165, 1.54) is 16.7 Å². The van der Waals surface area contributed by atoms with Crippen LogP contribution in [0, 0.1) is 5.92 Å². The molecule has 0 unspecified atom stereocenters. The first-order valence-corrected chi connectivity index (χ1v) is 9.42. The van der Waals surface area contributed by atoms with Gasteiger partial charge in [0.2, 0.25) is 0 Å². The third-order valence-corrected chi connectivity index (χ3v) is 5.05. The van der Waals surface area contributed by atoms with E-state index in [2.05, 4.69) is 93.4 Å². The fourth-order valence-electron chi connectivity index (χ4n) is 2.49. The summed E-state index contributed by atoms with van der Waals surface area (Å²) >= 11 is 12.9. The van der Waals surface area contributed by atoms with Crippen molar-refractivity contribution in [3.63, 3.8) is 0 Å². The number of halogens is 3. The molecular weight excluding hydrogens is 423 g/mol. The molecule has 116 valence electrons. The molecule has 2 aromatic carbocycles. The zero-order chi connectivity index (χ0) is 15.9. The minimum absolute atomic E-state index is 0.473. The standard InChI is InChI=1S/C19H19Br2Cl/c1-14(10-11-22)17(12-15-2-6-18(20)7-3-15)13-16-4-8-19(21)9-5-16/h2-10,17H,11-13H2,1H3/b14-10-. The third kappa shape index (κ3) is 5.57. The third-order valence-electron chi connectivity index (χ3n) is 3.83. The van der Waals surface area contributed by atoms with Crippen molar-refractivity contribution < 1.29 is 0 Å². The molecule has 0 atom stereocenters. The SMILES string of the molecule is C/C(=C/CCl)C(Cc1ccc(Br)cc1)Cc1ccc(Br)cc1. The van der Waals surface area contributed by atoms with E-state index in [4.69, 9.17) is 11.6 Å². The number of hydrogen-bond donors (Lipinski definition) is 0. The Bertz CT molecular complexity index is 567. The van der Waals surface area contributed by atoms with Gasteiger partial charge in [-0.25, -0.2) is 0 Å². The minimum Gasteiger partial charge on any atom is -0.122 e. The zero-order valence-electron chi connectivity index (χ0n) is 12.5. The lowest BCUT2D eigenvalue weighted by Crippen LogP contribution is -2.10. The molecule has 0 aromatic heterocycles. The lowest BCUT2D eigenvalue weighted by atomic mass is 9.87. The average molecular weight is 443 g/mol. The first-order valence-electron chi connectivity index (χ1n) is 7.30. The Balaban J connectivity index is 2.17. The fourth-order valence-corrected chi connectivity index (χ4v) is 3.26. The first-order chi connectivity index (χ1) is 10.6. The second-order valence-electron chi connectivity index (χ2n) is 5.46. The maximum Gasteiger partial charge on any atom is 0.0406 e. The Morgan fingerprint density at radius 3 is 1.68 bits per heavy atom. The number of rotatable bonds is 6. The summed E-state index contributed by atoms with van der Waals surface area (Å²) in [5.41, 5.74) is 4.07. The van der Waals surface area contributed by atoms with E-state index in [0.29, 0.717) is 11.8 Å². The van der Waals surface area contributed by atoms with E-state index in [0.717, 1.165) is 21.8 Å². The van der Waals surface area contributed by atoms with Gasteiger partial charge in [0.25, 0.3) is 0 Å². The second kappa shape index (κ2) is 8.90. The Labute approximate surface area is 154 Å². The van der Waals surface area contributed by atoms with Crippen molar-refractivity contribution in [2.75, 3.05) is 5.88 Å². The summed E-state index contributed by atoms with van der Waals surface area (Å²) < 4.78 is 2.24. The van der Waals surface area contributed by atoms with Crippen LogP contribution in [0.2, 0.25) is 0 Å². The van der Waals surface area contributed by atoms with Crippen LogP contribution in [0.25, 0.3) is 0 Å². The predicted molar refractivity (Wildman–Crippen MR) is 104 cm³/mol. The van der Waals surface area contributed by atoms with Gasteiger partial charge in [-0.15, -0.1) is 11.6 Å². The molecule has 0 nitrogen and oxygen atoms in total. The van der Waals surface area contributed by atoms with Crippen molar-refractivity contribution in [2.45, 2.75) is 19.8 Å². The van der Waals surface area contributed by atoms with Crippen molar-refractivity contribution >= 4 is 43.5 Å². The first kappa shape index (κ1) is 17.8. The van der Waals surface area contributed by atoms with Crippen LogP contribution < -0.4 is 0 Å². The molecule has 0 aliphatic rings. The van der Waals surface area contributed by atoms with Gasteiger partial charge in [0.05, 0.1) is 0 Å². The van der Waals surface area contributed by atoms with Gasteiger partial charge in [0.1, 0.15) is 0 Å². The highest BCUT2D eigenvalue weighted by atomic mass is 79.9. The molecular formula is C19H19Br2Cl. The van der Waals surface area contributed by atoms with E-state index in [-0.39, 0.29) is 0 Å². The molecule has 2 rings (SSSR count). The smallest absolute Gasteiger partial charge is 0.0406 e. The van der Waals surface area contributed by atoms with E-state index in [1.54, 1.807) is 0 Å². The largest absolute Gasteiger partial charge is 0.122 e. The molecule has 0 spiro atoms. The summed E-state index contributed by atoms with van der Waals surface area (Å²) in [7, 11) is 0. The van der Waals surface area contributed by atoms with Gasteiger partial charge < -0.3 is 0 Å². The molecule has 22 heavy (non-hydrogen) atoms. The van der Waals surface area contributed by atoms with E-state index >= 15 is 0 Å². The van der Waals surface area contributed by atoms with Crippen molar-refractivity contribution in [1.82, 2.24) is 0 Å². The van der Waals surface area contributed by atoms with Crippen LogP contribution in [-0.4, -0.2) is 5.88 Å². The molecule has 0 bridgehead atoms. The molecule has 0 saturated carbocycles. The monoisotopic (exact) mass is 440 g/mol. The van der Waals surface area contributed by atoms with Gasteiger partial charge in [-0.05, 0) is 61.1 Å². The lowest BCUT2D eigenvalue weighted by molar-refractivity contribution is 0.605. The normalized spacial score (nSPS) is 12.0. The Kier molecular flexibility index (Phi) is 7.20. The molecule has 0 radical (unpaired) electrons. The summed E-state index contributed by atoms with van der Waals surface area (Å²) in [4.78, 5) is 0. The van der Waals surface area contributed by atoms with Gasteiger partial charge in [-0.3, -0.25) is 0 Å². The van der Waals surface area contributed by atoms with Crippen molar-refractivity contribution in [3.8, 4) is 0 Å².